The predicted molar refractivity (Wildman–Crippen MR) is 81.0 cm³/mol. The van der Waals surface area contributed by atoms with Crippen LogP contribution in [0, 0.1) is 0 Å². The largest absolute Gasteiger partial charge is 0.378 e. The number of benzene rings is 1. The number of anilines is 1. The zero-order valence-electron chi connectivity index (χ0n) is 11.4. The molecule has 2 aromatic rings. The maximum atomic E-state index is 5.86. The number of aromatic amines is 1. The van der Waals surface area contributed by atoms with Crippen LogP contribution in [0.15, 0.2) is 24.3 Å². The minimum atomic E-state index is 0.546. The molecule has 3 rings (SSSR count). The van der Waals surface area contributed by atoms with Gasteiger partial charge in [0.05, 0.1) is 6.54 Å². The van der Waals surface area contributed by atoms with Crippen molar-refractivity contribution in [1.82, 2.24) is 15.2 Å². The van der Waals surface area contributed by atoms with Crippen LogP contribution in [0.3, 0.4) is 0 Å². The molecule has 0 aliphatic heterocycles. The quantitative estimate of drug-likeness (QED) is 0.890. The fraction of sp³-hybridized carbons (Fsp3) is 0.467. The number of rotatable bonds is 4. The molecule has 0 atom stereocenters. The summed E-state index contributed by atoms with van der Waals surface area (Å²) in [5.74, 6) is 2.42. The molecule has 5 heteroatoms. The van der Waals surface area contributed by atoms with E-state index in [1.807, 2.05) is 24.3 Å². The average Bonchev–Trinajstić information content (AvgIpc) is 2.97. The van der Waals surface area contributed by atoms with E-state index in [9.17, 15) is 0 Å². The van der Waals surface area contributed by atoms with Crippen LogP contribution in [0.4, 0.5) is 5.69 Å². The van der Waals surface area contributed by atoms with Crippen molar-refractivity contribution in [1.29, 1.82) is 0 Å². The van der Waals surface area contributed by atoms with Gasteiger partial charge in [-0.2, -0.15) is 5.10 Å². The van der Waals surface area contributed by atoms with Gasteiger partial charge in [-0.05, 0) is 37.1 Å². The minimum absolute atomic E-state index is 0.546. The molecule has 4 nitrogen and oxygen atoms in total. The second-order valence-electron chi connectivity index (χ2n) is 5.34. The number of halogens is 1. The molecular formula is C15H19ClN4. The molecule has 1 saturated carbocycles. The Hall–Kier alpha value is -1.55. The van der Waals surface area contributed by atoms with E-state index in [4.69, 9.17) is 11.6 Å². The Morgan fingerprint density at radius 1 is 1.15 bits per heavy atom. The zero-order chi connectivity index (χ0) is 13.8. The number of aromatic nitrogens is 3. The van der Waals surface area contributed by atoms with Crippen LogP contribution in [0.5, 0.6) is 0 Å². The first-order valence-electron chi connectivity index (χ1n) is 7.22. The average molecular weight is 291 g/mol. The van der Waals surface area contributed by atoms with Crippen molar-refractivity contribution in [3.05, 3.63) is 40.9 Å². The third kappa shape index (κ3) is 3.31. The predicted octanol–water partition coefficient (Wildman–Crippen LogP) is 4.12. The summed E-state index contributed by atoms with van der Waals surface area (Å²) in [6.07, 6.45) is 6.41. The summed E-state index contributed by atoms with van der Waals surface area (Å²) in [7, 11) is 0. The molecule has 1 aliphatic carbocycles. The van der Waals surface area contributed by atoms with Gasteiger partial charge in [0.1, 0.15) is 5.82 Å². The lowest BCUT2D eigenvalue weighted by Crippen LogP contribution is -2.06. The maximum absolute atomic E-state index is 5.86. The highest BCUT2D eigenvalue weighted by Gasteiger charge is 2.19. The first-order chi connectivity index (χ1) is 9.81. The minimum Gasteiger partial charge on any atom is -0.378 e. The van der Waals surface area contributed by atoms with Gasteiger partial charge in [0.25, 0.3) is 0 Å². The van der Waals surface area contributed by atoms with Crippen LogP contribution in [0.25, 0.3) is 0 Å². The molecule has 0 spiro atoms. The fourth-order valence-electron chi connectivity index (χ4n) is 2.69. The Morgan fingerprint density at radius 2 is 1.90 bits per heavy atom. The normalized spacial score (nSPS) is 16.2. The lowest BCUT2D eigenvalue weighted by Gasteiger charge is -2.18. The van der Waals surface area contributed by atoms with Crippen molar-refractivity contribution in [2.45, 2.75) is 44.6 Å². The summed E-state index contributed by atoms with van der Waals surface area (Å²) in [5, 5.41) is 11.5. The van der Waals surface area contributed by atoms with Crippen molar-refractivity contribution in [2.24, 2.45) is 0 Å². The summed E-state index contributed by atoms with van der Waals surface area (Å²) in [6.45, 7) is 0.654. The van der Waals surface area contributed by atoms with Crippen molar-refractivity contribution >= 4 is 17.3 Å². The van der Waals surface area contributed by atoms with E-state index in [1.165, 1.54) is 32.1 Å². The van der Waals surface area contributed by atoms with Gasteiger partial charge < -0.3 is 5.32 Å². The molecule has 0 radical (unpaired) electrons. The molecule has 0 saturated heterocycles. The first kappa shape index (κ1) is 13.4. The molecule has 1 heterocycles. The summed E-state index contributed by atoms with van der Waals surface area (Å²) in [4.78, 5) is 4.61. The number of nitrogens with one attached hydrogen (secondary N) is 2. The van der Waals surface area contributed by atoms with Crippen molar-refractivity contribution in [3.8, 4) is 0 Å². The molecule has 2 N–H and O–H groups in total. The van der Waals surface area contributed by atoms with Crippen molar-refractivity contribution in [2.75, 3.05) is 5.32 Å². The monoisotopic (exact) mass is 290 g/mol. The van der Waals surface area contributed by atoms with Crippen molar-refractivity contribution in [3.63, 3.8) is 0 Å². The van der Waals surface area contributed by atoms with E-state index >= 15 is 0 Å². The zero-order valence-corrected chi connectivity index (χ0v) is 12.2. The summed E-state index contributed by atoms with van der Waals surface area (Å²) in [6, 6.07) is 7.66. The van der Waals surface area contributed by atoms with Gasteiger partial charge in [-0.1, -0.05) is 30.9 Å². The Morgan fingerprint density at radius 3 is 2.65 bits per heavy atom. The molecule has 106 valence electrons. The third-order valence-electron chi connectivity index (χ3n) is 3.82. The van der Waals surface area contributed by atoms with Gasteiger partial charge in [-0.15, -0.1) is 0 Å². The van der Waals surface area contributed by atoms with E-state index in [1.54, 1.807) is 0 Å². The number of H-pyrrole nitrogens is 1. The number of nitrogens with zero attached hydrogens (tertiary/aromatic N) is 2. The molecule has 0 unspecified atom stereocenters. The second-order valence-corrected chi connectivity index (χ2v) is 5.77. The molecule has 1 fully saturated rings. The van der Waals surface area contributed by atoms with E-state index in [-0.39, 0.29) is 0 Å². The molecule has 0 bridgehead atoms. The molecule has 0 amide bonds. The molecule has 1 aromatic heterocycles. The summed E-state index contributed by atoms with van der Waals surface area (Å²) in [5.41, 5.74) is 1.03. The lowest BCUT2D eigenvalue weighted by molar-refractivity contribution is 0.429. The van der Waals surface area contributed by atoms with Crippen LogP contribution >= 0.6 is 11.6 Å². The van der Waals surface area contributed by atoms with Crippen LogP contribution in [-0.4, -0.2) is 15.2 Å². The Labute approximate surface area is 124 Å². The molecular weight excluding hydrogens is 272 g/mol. The van der Waals surface area contributed by atoms with E-state index in [2.05, 4.69) is 20.5 Å². The highest BCUT2D eigenvalue weighted by molar-refractivity contribution is 6.30. The molecule has 1 aromatic carbocycles. The standard InChI is InChI=1S/C15H19ClN4/c16-12-6-8-13(9-7-12)17-10-14-18-15(20-19-14)11-4-2-1-3-5-11/h6-9,11,17H,1-5,10H2,(H,18,19,20). The summed E-state index contributed by atoms with van der Waals surface area (Å²) < 4.78 is 0. The van der Waals surface area contributed by atoms with Gasteiger partial charge in [0, 0.05) is 16.6 Å². The van der Waals surface area contributed by atoms with Crippen LogP contribution in [0.1, 0.15) is 49.7 Å². The van der Waals surface area contributed by atoms with Gasteiger partial charge in [0.15, 0.2) is 5.82 Å². The van der Waals surface area contributed by atoms with Gasteiger partial charge in [-0.25, -0.2) is 4.98 Å². The first-order valence-corrected chi connectivity index (χ1v) is 7.60. The molecule has 20 heavy (non-hydrogen) atoms. The Balaban J connectivity index is 1.58. The van der Waals surface area contributed by atoms with Gasteiger partial charge in [0.2, 0.25) is 0 Å². The highest BCUT2D eigenvalue weighted by Crippen LogP contribution is 2.30. The van der Waals surface area contributed by atoms with E-state index < -0.39 is 0 Å². The summed E-state index contributed by atoms with van der Waals surface area (Å²) >= 11 is 5.86. The van der Waals surface area contributed by atoms with Gasteiger partial charge >= 0.3 is 0 Å². The molecule has 1 aliphatic rings. The SMILES string of the molecule is Clc1ccc(NCc2nc(C3CCCCC3)n[nH]2)cc1. The Bertz CT molecular complexity index is 543. The Kier molecular flexibility index (Phi) is 4.21. The van der Waals surface area contributed by atoms with Crippen molar-refractivity contribution < 1.29 is 0 Å². The maximum Gasteiger partial charge on any atom is 0.153 e. The topological polar surface area (TPSA) is 53.6 Å². The van der Waals surface area contributed by atoms with Crippen LogP contribution < -0.4 is 5.32 Å². The lowest BCUT2D eigenvalue weighted by atomic mass is 9.89. The van der Waals surface area contributed by atoms with Crippen LogP contribution in [-0.2, 0) is 6.54 Å². The fourth-order valence-corrected chi connectivity index (χ4v) is 2.81. The number of hydrogen-bond acceptors (Lipinski definition) is 3. The van der Waals surface area contributed by atoms with Gasteiger partial charge in [-0.3, -0.25) is 5.10 Å². The van der Waals surface area contributed by atoms with Crippen LogP contribution in [0.2, 0.25) is 5.02 Å². The highest BCUT2D eigenvalue weighted by atomic mass is 35.5. The van der Waals surface area contributed by atoms with E-state index in [0.717, 1.165) is 22.4 Å². The third-order valence-corrected chi connectivity index (χ3v) is 4.08. The van der Waals surface area contributed by atoms with E-state index in [0.29, 0.717) is 12.5 Å². The second kappa shape index (κ2) is 6.27. The smallest absolute Gasteiger partial charge is 0.153 e. The number of hydrogen-bond donors (Lipinski definition) is 2.